The van der Waals surface area contributed by atoms with Gasteiger partial charge < -0.3 is 14.5 Å². The predicted molar refractivity (Wildman–Crippen MR) is 84.5 cm³/mol. The molecule has 0 aliphatic rings. The second-order valence-electron chi connectivity index (χ2n) is 4.50. The van der Waals surface area contributed by atoms with Crippen LogP contribution < -0.4 is 5.32 Å². The van der Waals surface area contributed by atoms with Gasteiger partial charge in [-0.2, -0.15) is 0 Å². The number of halogens is 1. The number of carbonyl (C=O) groups excluding carboxylic acids is 1. The summed E-state index contributed by atoms with van der Waals surface area (Å²) >= 11 is 7.20. The fourth-order valence-electron chi connectivity index (χ4n) is 2.11. The highest BCUT2D eigenvalue weighted by molar-refractivity contribution is 7.20. The number of nitrogens with zero attached hydrogens (tertiary/aromatic N) is 2. The Labute approximate surface area is 135 Å². The molecule has 0 aromatic carbocycles. The second kappa shape index (κ2) is 5.94. The van der Waals surface area contributed by atoms with Gasteiger partial charge in [-0.25, -0.2) is 14.8 Å². The Morgan fingerprint density at radius 1 is 1.50 bits per heavy atom. The van der Waals surface area contributed by atoms with E-state index in [0.29, 0.717) is 22.1 Å². The van der Waals surface area contributed by atoms with Crippen molar-refractivity contribution in [2.75, 3.05) is 12.4 Å². The number of carbonyl (C=O) groups is 1. The lowest BCUT2D eigenvalue weighted by Gasteiger charge is -2.06. The molecule has 3 rings (SSSR count). The summed E-state index contributed by atoms with van der Waals surface area (Å²) in [4.78, 5) is 21.3. The number of thiophene rings is 1. The molecule has 22 heavy (non-hydrogen) atoms. The monoisotopic (exact) mass is 337 g/mol. The van der Waals surface area contributed by atoms with E-state index in [1.165, 1.54) is 18.4 Å². The van der Waals surface area contributed by atoms with Gasteiger partial charge in [0.05, 0.1) is 25.3 Å². The van der Waals surface area contributed by atoms with Crippen LogP contribution in [0.1, 0.15) is 21.0 Å². The summed E-state index contributed by atoms with van der Waals surface area (Å²) in [5.74, 6) is 0.938. The highest BCUT2D eigenvalue weighted by Gasteiger charge is 2.20. The highest BCUT2D eigenvalue weighted by Crippen LogP contribution is 2.35. The molecule has 1 N–H and O–H groups in total. The molecule has 8 heteroatoms. The lowest BCUT2D eigenvalue weighted by atomic mass is 10.2. The Bertz CT molecular complexity index is 830. The van der Waals surface area contributed by atoms with Gasteiger partial charge in [-0.1, -0.05) is 0 Å². The molecule has 0 atom stereocenters. The van der Waals surface area contributed by atoms with E-state index < -0.39 is 5.97 Å². The topological polar surface area (TPSA) is 77.2 Å². The van der Waals surface area contributed by atoms with Gasteiger partial charge in [0, 0.05) is 0 Å². The van der Waals surface area contributed by atoms with Crippen molar-refractivity contribution < 1.29 is 13.9 Å². The first-order valence-electron chi connectivity index (χ1n) is 6.41. The third-order valence-corrected chi connectivity index (χ3v) is 4.48. The van der Waals surface area contributed by atoms with Crippen LogP contribution >= 0.6 is 22.9 Å². The van der Waals surface area contributed by atoms with Gasteiger partial charge in [-0.05, 0) is 36.2 Å². The Hall–Kier alpha value is -2.12. The summed E-state index contributed by atoms with van der Waals surface area (Å²) in [7, 11) is 1.35. The molecule has 3 aromatic heterocycles. The zero-order valence-electron chi connectivity index (χ0n) is 11.8. The van der Waals surface area contributed by atoms with E-state index in [2.05, 4.69) is 15.3 Å². The molecule has 0 radical (unpaired) electrons. The van der Waals surface area contributed by atoms with Crippen molar-refractivity contribution in [2.24, 2.45) is 0 Å². The van der Waals surface area contributed by atoms with Crippen molar-refractivity contribution in [3.63, 3.8) is 0 Å². The smallest absolute Gasteiger partial charge is 0.348 e. The number of anilines is 1. The van der Waals surface area contributed by atoms with Gasteiger partial charge in [-0.15, -0.1) is 11.3 Å². The van der Waals surface area contributed by atoms with Crippen LogP contribution in [-0.4, -0.2) is 23.0 Å². The van der Waals surface area contributed by atoms with E-state index in [1.54, 1.807) is 6.26 Å². The summed E-state index contributed by atoms with van der Waals surface area (Å²) in [5, 5.41) is 4.05. The standard InChI is InChI=1S/C14H12ClN3O3S/c1-7-9-11(16-6-8-4-3-5-21-8)17-14(15)18-12(9)22-10(7)13(19)20-2/h3-5H,6H2,1-2H3,(H,16,17,18). The summed E-state index contributed by atoms with van der Waals surface area (Å²) in [6.07, 6.45) is 1.60. The summed E-state index contributed by atoms with van der Waals surface area (Å²) in [6, 6.07) is 3.66. The normalized spacial score (nSPS) is 10.9. The van der Waals surface area contributed by atoms with Crippen LogP contribution in [0.4, 0.5) is 5.82 Å². The maximum absolute atomic E-state index is 11.8. The summed E-state index contributed by atoms with van der Waals surface area (Å²) in [5.41, 5.74) is 0.769. The molecule has 0 fully saturated rings. The van der Waals surface area contributed by atoms with Gasteiger partial charge in [0.15, 0.2) is 0 Å². The number of aryl methyl sites for hydroxylation is 1. The Kier molecular flexibility index (Phi) is 4.00. The quantitative estimate of drug-likeness (QED) is 0.578. The number of ether oxygens (including phenoxy) is 1. The third kappa shape index (κ3) is 2.65. The van der Waals surface area contributed by atoms with E-state index in [1.807, 2.05) is 19.1 Å². The molecule has 0 spiro atoms. The van der Waals surface area contributed by atoms with Crippen molar-refractivity contribution in [3.8, 4) is 0 Å². The first-order chi connectivity index (χ1) is 10.6. The van der Waals surface area contributed by atoms with Gasteiger partial charge in [0.2, 0.25) is 5.28 Å². The number of furan rings is 1. The number of nitrogens with one attached hydrogen (secondary N) is 1. The van der Waals surface area contributed by atoms with Crippen molar-refractivity contribution >= 4 is 44.9 Å². The molecule has 114 valence electrons. The third-order valence-electron chi connectivity index (χ3n) is 3.14. The zero-order valence-corrected chi connectivity index (χ0v) is 13.4. The molecular formula is C14H12ClN3O3S. The Morgan fingerprint density at radius 2 is 2.32 bits per heavy atom. The van der Waals surface area contributed by atoms with Crippen LogP contribution in [-0.2, 0) is 11.3 Å². The fraction of sp³-hybridized carbons (Fsp3) is 0.214. The first-order valence-corrected chi connectivity index (χ1v) is 7.60. The van der Waals surface area contributed by atoms with E-state index in [4.69, 9.17) is 20.8 Å². The Morgan fingerprint density at radius 3 is 3.00 bits per heavy atom. The molecular weight excluding hydrogens is 326 g/mol. The van der Waals surface area contributed by atoms with Crippen LogP contribution in [0.25, 0.3) is 10.2 Å². The number of rotatable bonds is 4. The van der Waals surface area contributed by atoms with Crippen LogP contribution in [0.15, 0.2) is 22.8 Å². The molecule has 3 aromatic rings. The van der Waals surface area contributed by atoms with Gasteiger partial charge in [0.1, 0.15) is 21.3 Å². The maximum Gasteiger partial charge on any atom is 0.348 e. The van der Waals surface area contributed by atoms with E-state index in [-0.39, 0.29) is 5.28 Å². The summed E-state index contributed by atoms with van der Waals surface area (Å²) in [6.45, 7) is 2.29. The number of hydrogen-bond donors (Lipinski definition) is 1. The number of aromatic nitrogens is 2. The van der Waals surface area contributed by atoms with Gasteiger partial charge in [-0.3, -0.25) is 0 Å². The molecule has 0 saturated heterocycles. The number of hydrogen-bond acceptors (Lipinski definition) is 7. The summed E-state index contributed by atoms with van der Waals surface area (Å²) < 4.78 is 10.1. The van der Waals surface area contributed by atoms with Gasteiger partial charge in [0.25, 0.3) is 0 Å². The predicted octanol–water partition coefficient (Wildman–Crippen LogP) is 3.64. The molecule has 0 aliphatic carbocycles. The molecule has 0 bridgehead atoms. The minimum atomic E-state index is -0.395. The minimum Gasteiger partial charge on any atom is -0.467 e. The van der Waals surface area contributed by atoms with Crippen molar-refractivity contribution in [1.82, 2.24) is 9.97 Å². The van der Waals surface area contributed by atoms with Crippen LogP contribution in [0.5, 0.6) is 0 Å². The van der Waals surface area contributed by atoms with E-state index in [0.717, 1.165) is 16.7 Å². The fourth-order valence-corrected chi connectivity index (χ4v) is 3.43. The second-order valence-corrected chi connectivity index (χ2v) is 5.84. The number of methoxy groups -OCH3 is 1. The molecule has 6 nitrogen and oxygen atoms in total. The van der Waals surface area contributed by atoms with Crippen LogP contribution in [0.2, 0.25) is 5.28 Å². The number of fused-ring (bicyclic) bond motifs is 1. The Balaban J connectivity index is 2.04. The average Bonchev–Trinajstić information content (AvgIpc) is 3.12. The van der Waals surface area contributed by atoms with Crippen LogP contribution in [0, 0.1) is 6.92 Å². The van der Waals surface area contributed by atoms with Crippen molar-refractivity contribution in [1.29, 1.82) is 0 Å². The highest BCUT2D eigenvalue weighted by atomic mass is 35.5. The number of esters is 1. The molecule has 0 aliphatic heterocycles. The van der Waals surface area contributed by atoms with Gasteiger partial charge >= 0.3 is 5.97 Å². The molecule has 3 heterocycles. The molecule has 0 saturated carbocycles. The lowest BCUT2D eigenvalue weighted by molar-refractivity contribution is 0.0605. The van der Waals surface area contributed by atoms with Crippen LogP contribution in [0.3, 0.4) is 0 Å². The SMILES string of the molecule is COC(=O)c1sc2nc(Cl)nc(NCc3ccco3)c2c1C. The maximum atomic E-state index is 11.8. The lowest BCUT2D eigenvalue weighted by Crippen LogP contribution is -2.03. The van der Waals surface area contributed by atoms with Crippen molar-refractivity contribution in [3.05, 3.63) is 39.9 Å². The molecule has 0 unspecified atom stereocenters. The molecule has 0 amide bonds. The first kappa shape index (κ1) is 14.8. The minimum absolute atomic E-state index is 0.118. The zero-order chi connectivity index (χ0) is 15.7. The average molecular weight is 338 g/mol. The van der Waals surface area contributed by atoms with Crippen molar-refractivity contribution in [2.45, 2.75) is 13.5 Å². The largest absolute Gasteiger partial charge is 0.467 e. The van der Waals surface area contributed by atoms with E-state index >= 15 is 0 Å². The van der Waals surface area contributed by atoms with E-state index in [9.17, 15) is 4.79 Å².